The minimum absolute atomic E-state index is 0.142. The fraction of sp³-hybridized carbons (Fsp3) is 0.273. The van der Waals surface area contributed by atoms with E-state index in [9.17, 15) is 8.42 Å². The maximum Gasteiger partial charge on any atom is 0.238 e. The highest BCUT2D eigenvalue weighted by molar-refractivity contribution is 7.89. The molecule has 0 fully saturated rings. The molecule has 0 aliphatic rings. The van der Waals surface area contributed by atoms with Gasteiger partial charge in [-0.25, -0.2) is 13.6 Å². The van der Waals surface area contributed by atoms with Crippen molar-refractivity contribution in [2.24, 2.45) is 5.14 Å². The van der Waals surface area contributed by atoms with Gasteiger partial charge in [0.2, 0.25) is 10.0 Å². The van der Waals surface area contributed by atoms with E-state index in [4.69, 9.17) is 11.6 Å². The van der Waals surface area contributed by atoms with Crippen LogP contribution in [-0.4, -0.2) is 21.5 Å². The number of rotatable bonds is 5. The van der Waals surface area contributed by atoms with Gasteiger partial charge in [-0.05, 0) is 23.6 Å². The molecule has 1 aromatic rings. The number of sulfonamides is 1. The number of quaternary nitrogens is 1. The van der Waals surface area contributed by atoms with Gasteiger partial charge in [0.05, 0.1) is 11.4 Å². The van der Waals surface area contributed by atoms with Crippen LogP contribution in [0.5, 0.6) is 0 Å². The Morgan fingerprint density at radius 3 is 2.44 bits per heavy atom. The molecule has 0 spiro atoms. The van der Waals surface area contributed by atoms with Crippen molar-refractivity contribution in [1.29, 1.82) is 0 Å². The predicted molar refractivity (Wildman–Crippen MR) is 62.0 cm³/mol. The zero-order chi connectivity index (χ0) is 12.0. The Morgan fingerprint density at radius 2 is 1.94 bits per heavy atom. The number of hydrogen-bond donors (Lipinski definition) is 2. The normalized spacial score (nSPS) is 11.0. The van der Waals surface area contributed by atoms with Crippen LogP contribution in [0.15, 0.2) is 29.2 Å². The van der Waals surface area contributed by atoms with Crippen molar-refractivity contribution in [3.05, 3.63) is 29.8 Å². The second-order valence-corrected chi connectivity index (χ2v) is 4.99. The smallest absolute Gasteiger partial charge is 0.238 e. The summed E-state index contributed by atoms with van der Waals surface area (Å²) in [6.45, 7) is 1.55. The van der Waals surface area contributed by atoms with E-state index < -0.39 is 10.0 Å². The molecule has 0 aliphatic carbocycles. The zero-order valence-electron chi connectivity index (χ0n) is 8.89. The first-order chi connectivity index (χ1) is 7.54. The van der Waals surface area contributed by atoms with E-state index in [1.165, 1.54) is 12.1 Å². The van der Waals surface area contributed by atoms with E-state index in [1.807, 2.05) is 5.32 Å². The summed E-state index contributed by atoms with van der Waals surface area (Å²) < 4.78 is 22.0. The molecule has 0 saturated heterocycles. The van der Waals surface area contributed by atoms with Crippen LogP contribution in [-0.2, 0) is 16.4 Å². The molecule has 16 heavy (non-hydrogen) atoms. The number of primary sulfonamides is 1. The molecule has 0 atom stereocenters. The van der Waals surface area contributed by atoms with Gasteiger partial charge in [-0.2, -0.15) is 0 Å². The molecule has 4 nitrogen and oxygen atoms in total. The molecular formula is C11H15N2O2S+. The lowest BCUT2D eigenvalue weighted by Crippen LogP contribution is -2.84. The van der Waals surface area contributed by atoms with Crippen LogP contribution in [0.1, 0.15) is 5.56 Å². The van der Waals surface area contributed by atoms with Crippen LogP contribution in [0, 0.1) is 12.3 Å². The molecule has 0 amide bonds. The van der Waals surface area contributed by atoms with E-state index in [0.29, 0.717) is 6.54 Å². The minimum atomic E-state index is -3.58. The van der Waals surface area contributed by atoms with Gasteiger partial charge >= 0.3 is 0 Å². The average molecular weight is 239 g/mol. The second-order valence-electron chi connectivity index (χ2n) is 3.42. The number of hydrogen-bond acceptors (Lipinski definition) is 2. The maximum absolute atomic E-state index is 11.0. The molecule has 0 radical (unpaired) electrons. The number of benzene rings is 1. The molecule has 5 heteroatoms. The van der Waals surface area contributed by atoms with Crippen LogP contribution in [0.25, 0.3) is 0 Å². The minimum Gasteiger partial charge on any atom is -0.336 e. The molecule has 0 unspecified atom stereocenters. The highest BCUT2D eigenvalue weighted by atomic mass is 32.2. The van der Waals surface area contributed by atoms with Crippen LogP contribution in [0.3, 0.4) is 0 Å². The van der Waals surface area contributed by atoms with Gasteiger partial charge in [0.25, 0.3) is 0 Å². The Morgan fingerprint density at radius 1 is 1.31 bits per heavy atom. The lowest BCUT2D eigenvalue weighted by Gasteiger charge is -2.01. The Labute approximate surface area is 95.9 Å². The Hall–Kier alpha value is -1.35. The fourth-order valence-corrected chi connectivity index (χ4v) is 1.82. The predicted octanol–water partition coefficient (Wildman–Crippen LogP) is -0.927. The van der Waals surface area contributed by atoms with Crippen LogP contribution >= 0.6 is 0 Å². The molecule has 0 aromatic heterocycles. The van der Waals surface area contributed by atoms with Crippen molar-refractivity contribution in [2.45, 2.75) is 11.3 Å². The highest BCUT2D eigenvalue weighted by Gasteiger charge is 2.06. The third-order valence-electron chi connectivity index (χ3n) is 2.15. The van der Waals surface area contributed by atoms with Gasteiger partial charge < -0.3 is 5.32 Å². The summed E-state index contributed by atoms with van der Waals surface area (Å²) in [5.41, 5.74) is 1.07. The van der Waals surface area contributed by atoms with Crippen LogP contribution in [0.4, 0.5) is 0 Å². The van der Waals surface area contributed by atoms with Crippen LogP contribution < -0.4 is 10.5 Å². The summed E-state index contributed by atoms with van der Waals surface area (Å²) in [5, 5.41) is 7.01. The molecule has 0 heterocycles. The first-order valence-electron chi connectivity index (χ1n) is 4.91. The van der Waals surface area contributed by atoms with Crippen molar-refractivity contribution in [3.8, 4) is 12.3 Å². The quantitative estimate of drug-likeness (QED) is 0.514. The molecule has 0 aliphatic heterocycles. The molecule has 0 saturated carbocycles. The summed E-state index contributed by atoms with van der Waals surface area (Å²) in [6.07, 6.45) is 5.97. The van der Waals surface area contributed by atoms with E-state index in [0.717, 1.165) is 18.5 Å². The zero-order valence-corrected chi connectivity index (χ0v) is 9.70. The summed E-state index contributed by atoms with van der Waals surface area (Å²) in [4.78, 5) is 0.142. The molecule has 0 bridgehead atoms. The maximum atomic E-state index is 11.0. The third-order valence-corrected chi connectivity index (χ3v) is 3.08. The van der Waals surface area contributed by atoms with Crippen LogP contribution in [0.2, 0.25) is 0 Å². The van der Waals surface area contributed by atoms with Crippen molar-refractivity contribution in [1.82, 2.24) is 0 Å². The largest absolute Gasteiger partial charge is 0.336 e. The lowest BCUT2D eigenvalue weighted by molar-refractivity contribution is -0.643. The Bertz CT molecular complexity index is 472. The molecule has 1 aromatic carbocycles. The summed E-state index contributed by atoms with van der Waals surface area (Å²) >= 11 is 0. The van der Waals surface area contributed by atoms with E-state index in [2.05, 4.69) is 5.92 Å². The van der Waals surface area contributed by atoms with Gasteiger partial charge in [-0.15, -0.1) is 6.42 Å². The summed E-state index contributed by atoms with van der Waals surface area (Å²) in [5.74, 6) is 2.53. The van der Waals surface area contributed by atoms with Crippen molar-refractivity contribution < 1.29 is 13.7 Å². The summed E-state index contributed by atoms with van der Waals surface area (Å²) in [7, 11) is -3.58. The highest BCUT2D eigenvalue weighted by Crippen LogP contribution is 2.08. The van der Waals surface area contributed by atoms with Crippen molar-refractivity contribution in [3.63, 3.8) is 0 Å². The second kappa shape index (κ2) is 5.66. The molecule has 1 rings (SSSR count). The molecule has 4 N–H and O–H groups in total. The number of terminal acetylenes is 1. The Kier molecular flexibility index (Phi) is 4.50. The van der Waals surface area contributed by atoms with Gasteiger partial charge in [0.1, 0.15) is 6.54 Å². The van der Waals surface area contributed by atoms with Gasteiger partial charge in [0, 0.05) is 6.42 Å². The summed E-state index contributed by atoms with van der Waals surface area (Å²) in [6, 6.07) is 6.57. The van der Waals surface area contributed by atoms with E-state index in [1.54, 1.807) is 12.1 Å². The Balaban J connectivity index is 2.56. The van der Waals surface area contributed by atoms with Crippen molar-refractivity contribution >= 4 is 10.0 Å². The van der Waals surface area contributed by atoms with Crippen molar-refractivity contribution in [2.75, 3.05) is 13.1 Å². The topological polar surface area (TPSA) is 76.8 Å². The van der Waals surface area contributed by atoms with E-state index >= 15 is 0 Å². The third kappa shape index (κ3) is 4.03. The lowest BCUT2D eigenvalue weighted by atomic mass is 10.1. The monoisotopic (exact) mass is 239 g/mol. The molecule has 86 valence electrons. The van der Waals surface area contributed by atoms with Gasteiger partial charge in [-0.3, -0.25) is 0 Å². The van der Waals surface area contributed by atoms with Gasteiger partial charge in [0.15, 0.2) is 0 Å². The number of nitrogens with two attached hydrogens (primary N) is 2. The van der Waals surface area contributed by atoms with Gasteiger partial charge in [-0.1, -0.05) is 12.1 Å². The standard InChI is InChI=1S/C11H14N2O2S/c1-2-8-13-9-7-10-3-5-11(6-4-10)16(12,14)15/h1,3-6,13H,7-9H2,(H2,12,14,15)/p+1. The molecular weight excluding hydrogens is 224 g/mol. The fourth-order valence-electron chi connectivity index (χ4n) is 1.30. The van der Waals surface area contributed by atoms with E-state index in [-0.39, 0.29) is 4.90 Å². The first kappa shape index (κ1) is 12.7. The SMILES string of the molecule is C#CC[NH2+]CCc1ccc(S(N)(=O)=O)cc1. The average Bonchev–Trinajstić information content (AvgIpc) is 2.24. The first-order valence-corrected chi connectivity index (χ1v) is 6.45.